The molecule has 3 N–H and O–H groups in total. The van der Waals surface area contributed by atoms with Gasteiger partial charge in [-0.2, -0.15) is 5.10 Å². The van der Waals surface area contributed by atoms with Crippen molar-refractivity contribution in [3.63, 3.8) is 0 Å². The third-order valence-electron chi connectivity index (χ3n) is 4.09. The summed E-state index contributed by atoms with van der Waals surface area (Å²) < 4.78 is 0. The van der Waals surface area contributed by atoms with E-state index >= 15 is 0 Å². The number of rotatable bonds is 3. The standard InChI is InChI=1S/C15H20N4O.ClH/c1-10(11-5-4-8-16-9-11)17-15(20)14-12-6-2-3-7-13(12)18-19-14;/h2-3,6-7,10-11,16H,4-5,8-9H2,1H3,(H,17,20)(H,18,19);1H. The quantitative estimate of drug-likeness (QED) is 0.813. The Morgan fingerprint density at radius 3 is 3.00 bits per heavy atom. The lowest BCUT2D eigenvalue weighted by Gasteiger charge is -2.28. The van der Waals surface area contributed by atoms with E-state index in [0.717, 1.165) is 30.4 Å². The summed E-state index contributed by atoms with van der Waals surface area (Å²) in [5.74, 6) is 0.401. The Labute approximate surface area is 130 Å². The minimum absolute atomic E-state index is 0. The Balaban J connectivity index is 0.00000161. The summed E-state index contributed by atoms with van der Waals surface area (Å²) in [7, 11) is 0. The predicted octanol–water partition coefficient (Wildman–Crippen LogP) is 2.10. The summed E-state index contributed by atoms with van der Waals surface area (Å²) in [5, 5.41) is 14.4. The summed E-state index contributed by atoms with van der Waals surface area (Å²) in [6, 6.07) is 7.85. The van der Waals surface area contributed by atoms with Gasteiger partial charge in [-0.15, -0.1) is 12.4 Å². The van der Waals surface area contributed by atoms with E-state index in [4.69, 9.17) is 0 Å². The first-order valence-corrected chi connectivity index (χ1v) is 7.20. The number of H-pyrrole nitrogens is 1. The molecule has 3 rings (SSSR count). The van der Waals surface area contributed by atoms with Crippen LogP contribution in [0, 0.1) is 5.92 Å². The van der Waals surface area contributed by atoms with Gasteiger partial charge in [-0.25, -0.2) is 0 Å². The number of aromatic amines is 1. The Morgan fingerprint density at radius 1 is 1.43 bits per heavy atom. The minimum atomic E-state index is -0.0967. The second kappa shape index (κ2) is 6.91. The fourth-order valence-corrected chi connectivity index (χ4v) is 2.84. The lowest BCUT2D eigenvalue weighted by molar-refractivity contribution is 0.0918. The van der Waals surface area contributed by atoms with Gasteiger partial charge in [0.1, 0.15) is 0 Å². The molecule has 6 heteroatoms. The van der Waals surface area contributed by atoms with Crippen molar-refractivity contribution in [3.8, 4) is 0 Å². The number of carbonyl (C=O) groups excluding carboxylic acids is 1. The summed E-state index contributed by atoms with van der Waals surface area (Å²) in [5.41, 5.74) is 1.38. The maximum Gasteiger partial charge on any atom is 0.272 e. The van der Waals surface area contributed by atoms with Gasteiger partial charge in [0.25, 0.3) is 5.91 Å². The number of benzene rings is 1. The van der Waals surface area contributed by atoms with Crippen LogP contribution >= 0.6 is 12.4 Å². The van der Waals surface area contributed by atoms with Crippen LogP contribution in [0.15, 0.2) is 24.3 Å². The number of piperidine rings is 1. The first kappa shape index (κ1) is 15.8. The van der Waals surface area contributed by atoms with Gasteiger partial charge in [-0.3, -0.25) is 9.89 Å². The molecule has 1 saturated heterocycles. The van der Waals surface area contributed by atoms with Crippen LogP contribution in [0.2, 0.25) is 0 Å². The SMILES string of the molecule is CC(NC(=O)c1n[nH]c2ccccc12)C1CCCNC1.Cl. The van der Waals surface area contributed by atoms with E-state index < -0.39 is 0 Å². The number of para-hydroxylation sites is 1. The zero-order chi connectivity index (χ0) is 13.9. The van der Waals surface area contributed by atoms with Crippen molar-refractivity contribution in [3.05, 3.63) is 30.0 Å². The average molecular weight is 309 g/mol. The van der Waals surface area contributed by atoms with Gasteiger partial charge in [0, 0.05) is 11.4 Å². The van der Waals surface area contributed by atoms with Crippen molar-refractivity contribution in [2.75, 3.05) is 13.1 Å². The Bertz CT molecular complexity index is 606. The second-order valence-corrected chi connectivity index (χ2v) is 5.49. The van der Waals surface area contributed by atoms with E-state index in [1.807, 2.05) is 24.3 Å². The van der Waals surface area contributed by atoms with E-state index in [-0.39, 0.29) is 24.4 Å². The van der Waals surface area contributed by atoms with Crippen molar-refractivity contribution < 1.29 is 4.79 Å². The molecular weight excluding hydrogens is 288 g/mol. The number of carbonyl (C=O) groups is 1. The number of nitrogens with one attached hydrogen (secondary N) is 3. The van der Waals surface area contributed by atoms with Crippen LogP contribution in [0.3, 0.4) is 0 Å². The molecule has 2 heterocycles. The molecule has 1 fully saturated rings. The van der Waals surface area contributed by atoms with Gasteiger partial charge in [-0.1, -0.05) is 18.2 Å². The highest BCUT2D eigenvalue weighted by Crippen LogP contribution is 2.17. The van der Waals surface area contributed by atoms with Crippen molar-refractivity contribution in [2.24, 2.45) is 5.92 Å². The molecule has 0 aliphatic carbocycles. The van der Waals surface area contributed by atoms with Crippen LogP contribution in [0.4, 0.5) is 0 Å². The van der Waals surface area contributed by atoms with Crippen molar-refractivity contribution >= 4 is 29.2 Å². The number of halogens is 1. The molecule has 1 aromatic heterocycles. The molecule has 1 aromatic carbocycles. The number of aromatic nitrogens is 2. The average Bonchev–Trinajstić information content (AvgIpc) is 2.92. The van der Waals surface area contributed by atoms with Crippen LogP contribution in [-0.4, -0.2) is 35.2 Å². The summed E-state index contributed by atoms with van der Waals surface area (Å²) in [4.78, 5) is 12.4. The third-order valence-corrected chi connectivity index (χ3v) is 4.09. The topological polar surface area (TPSA) is 69.8 Å². The molecule has 0 bridgehead atoms. The van der Waals surface area contributed by atoms with Gasteiger partial charge >= 0.3 is 0 Å². The molecule has 0 radical (unpaired) electrons. The number of amides is 1. The Kier molecular flexibility index (Phi) is 5.20. The highest BCUT2D eigenvalue weighted by molar-refractivity contribution is 6.04. The number of nitrogens with zero attached hydrogens (tertiary/aromatic N) is 1. The van der Waals surface area contributed by atoms with Crippen LogP contribution in [0.5, 0.6) is 0 Å². The molecule has 5 nitrogen and oxygen atoms in total. The fourth-order valence-electron chi connectivity index (χ4n) is 2.84. The molecule has 2 unspecified atom stereocenters. The highest BCUT2D eigenvalue weighted by atomic mass is 35.5. The maximum absolute atomic E-state index is 12.4. The van der Waals surface area contributed by atoms with E-state index in [9.17, 15) is 4.79 Å². The van der Waals surface area contributed by atoms with Crippen molar-refractivity contribution in [1.29, 1.82) is 0 Å². The predicted molar refractivity (Wildman–Crippen MR) is 85.9 cm³/mol. The van der Waals surface area contributed by atoms with Crippen LogP contribution in [0.1, 0.15) is 30.3 Å². The Morgan fingerprint density at radius 2 is 2.24 bits per heavy atom. The lowest BCUT2D eigenvalue weighted by atomic mass is 9.93. The Hall–Kier alpha value is -1.59. The molecule has 1 aliphatic heterocycles. The van der Waals surface area contributed by atoms with E-state index in [2.05, 4.69) is 27.8 Å². The first-order chi connectivity index (χ1) is 9.75. The van der Waals surface area contributed by atoms with Crippen molar-refractivity contribution in [1.82, 2.24) is 20.8 Å². The molecule has 1 amide bonds. The summed E-state index contributed by atoms with van der Waals surface area (Å²) in [6.07, 6.45) is 2.34. The van der Waals surface area contributed by atoms with E-state index in [1.54, 1.807) is 0 Å². The zero-order valence-electron chi connectivity index (χ0n) is 12.1. The molecule has 1 aliphatic rings. The third kappa shape index (κ3) is 3.36. The lowest BCUT2D eigenvalue weighted by Crippen LogP contribution is -2.44. The van der Waals surface area contributed by atoms with Crippen LogP contribution in [-0.2, 0) is 0 Å². The second-order valence-electron chi connectivity index (χ2n) is 5.49. The van der Waals surface area contributed by atoms with Gasteiger partial charge in [0.15, 0.2) is 5.69 Å². The fraction of sp³-hybridized carbons (Fsp3) is 0.467. The van der Waals surface area contributed by atoms with Gasteiger partial charge in [0.05, 0.1) is 5.52 Å². The molecule has 0 saturated carbocycles. The molecule has 21 heavy (non-hydrogen) atoms. The molecule has 2 aromatic rings. The minimum Gasteiger partial charge on any atom is -0.348 e. The van der Waals surface area contributed by atoms with Crippen LogP contribution < -0.4 is 10.6 Å². The molecular formula is C15H21ClN4O. The van der Waals surface area contributed by atoms with E-state index in [1.165, 1.54) is 6.42 Å². The number of fused-ring (bicyclic) bond motifs is 1. The van der Waals surface area contributed by atoms with Gasteiger partial charge < -0.3 is 10.6 Å². The molecule has 0 spiro atoms. The zero-order valence-corrected chi connectivity index (χ0v) is 12.9. The van der Waals surface area contributed by atoms with Gasteiger partial charge in [-0.05, 0) is 44.8 Å². The highest BCUT2D eigenvalue weighted by Gasteiger charge is 2.23. The number of hydrogen-bond acceptors (Lipinski definition) is 3. The van der Waals surface area contributed by atoms with E-state index in [0.29, 0.717) is 11.6 Å². The summed E-state index contributed by atoms with van der Waals surface area (Å²) in [6.45, 7) is 4.13. The summed E-state index contributed by atoms with van der Waals surface area (Å²) >= 11 is 0. The normalized spacial score (nSPS) is 19.8. The smallest absolute Gasteiger partial charge is 0.272 e. The van der Waals surface area contributed by atoms with Gasteiger partial charge in [0.2, 0.25) is 0 Å². The largest absolute Gasteiger partial charge is 0.348 e. The van der Waals surface area contributed by atoms with Crippen molar-refractivity contribution in [2.45, 2.75) is 25.8 Å². The number of hydrogen-bond donors (Lipinski definition) is 3. The first-order valence-electron chi connectivity index (χ1n) is 7.20. The monoisotopic (exact) mass is 308 g/mol. The molecule has 2 atom stereocenters. The molecule has 114 valence electrons. The maximum atomic E-state index is 12.4. The van der Waals surface area contributed by atoms with Crippen LogP contribution in [0.25, 0.3) is 10.9 Å².